The molecule has 4 rings (SSSR count). The second kappa shape index (κ2) is 12.3. The monoisotopic (exact) mass is 639 g/mol. The number of anilines is 2. The number of aromatic nitrogens is 3. The molecule has 3 N–H and O–H groups in total. The number of nitrogens with zero attached hydrogens (tertiary/aromatic N) is 6. The molecule has 4 aromatic rings. The van der Waals surface area contributed by atoms with E-state index in [0.29, 0.717) is 10.8 Å². The van der Waals surface area contributed by atoms with Gasteiger partial charge < -0.3 is 14.2 Å². The molecule has 0 radical (unpaired) electrons. The maximum Gasteiger partial charge on any atom is 0.446 e. The third-order valence-electron chi connectivity index (χ3n) is 4.94. The molecule has 15 nitrogen and oxygen atoms in total. The van der Waals surface area contributed by atoms with Crippen LogP contribution in [0.3, 0.4) is 0 Å². The van der Waals surface area contributed by atoms with Gasteiger partial charge in [0.15, 0.2) is 11.6 Å². The first kappa shape index (κ1) is 30.0. The summed E-state index contributed by atoms with van der Waals surface area (Å²) >= 11 is 7.23. The molecule has 0 aliphatic rings. The molecule has 0 aliphatic carbocycles. The van der Waals surface area contributed by atoms with Crippen LogP contribution < -0.4 is 9.50 Å². The quantitative estimate of drug-likeness (QED) is 0.0661. The summed E-state index contributed by atoms with van der Waals surface area (Å²) in [4.78, 5) is 15.8. The topological polar surface area (TPSA) is 215 Å². The number of halogens is 1. The van der Waals surface area contributed by atoms with E-state index in [2.05, 4.69) is 39.7 Å². The van der Waals surface area contributed by atoms with Gasteiger partial charge in [-0.15, -0.1) is 10.2 Å². The van der Waals surface area contributed by atoms with E-state index in [-0.39, 0.29) is 44.8 Å². The number of hydrogen-bond donors (Lipinski definition) is 3. The summed E-state index contributed by atoms with van der Waals surface area (Å²) in [7, 11) is -8.26. The van der Waals surface area contributed by atoms with Gasteiger partial charge in [0, 0.05) is 11.1 Å². The van der Waals surface area contributed by atoms with Crippen molar-refractivity contribution in [2.24, 2.45) is 15.2 Å². The highest BCUT2D eigenvalue weighted by atomic mass is 35.5. The zero-order valence-electron chi connectivity index (χ0n) is 20.8. The van der Waals surface area contributed by atoms with Crippen LogP contribution in [0.5, 0.6) is 5.75 Å². The van der Waals surface area contributed by atoms with Crippen molar-refractivity contribution < 1.29 is 34.9 Å². The molecule has 0 aliphatic heterocycles. The van der Waals surface area contributed by atoms with Crippen LogP contribution in [-0.2, 0) is 25.3 Å². The Balaban J connectivity index is 1.74. The molecule has 0 unspecified atom stereocenters. The van der Waals surface area contributed by atoms with E-state index in [9.17, 15) is 21.4 Å². The zero-order chi connectivity index (χ0) is 29.8. The Morgan fingerprint density at radius 3 is 2.37 bits per heavy atom. The van der Waals surface area contributed by atoms with Gasteiger partial charge in [-0.3, -0.25) is 9.11 Å². The van der Waals surface area contributed by atoms with E-state index >= 15 is 0 Å². The molecule has 19 heteroatoms. The van der Waals surface area contributed by atoms with E-state index in [1.807, 2.05) is 0 Å². The largest absolute Gasteiger partial charge is 0.486 e. The lowest BCUT2D eigenvalue weighted by Gasteiger charge is -2.09. The minimum absolute atomic E-state index is 0.00195. The average molecular weight is 640 g/mol. The minimum atomic E-state index is -4.84. The summed E-state index contributed by atoms with van der Waals surface area (Å²) in [5, 5.41) is 11.7. The fourth-order valence-corrected chi connectivity index (χ4v) is 5.16. The second-order valence-electron chi connectivity index (χ2n) is 7.70. The van der Waals surface area contributed by atoms with Crippen molar-refractivity contribution in [3.63, 3.8) is 0 Å². The summed E-state index contributed by atoms with van der Waals surface area (Å²) in [5.41, 5.74) is 0.721. The fraction of sp³-hybridized carbons (Fsp3) is 0.0909. The molecule has 1 aromatic heterocycles. The van der Waals surface area contributed by atoms with E-state index < -0.39 is 25.4 Å². The molecule has 0 amide bonds. The van der Waals surface area contributed by atoms with Crippen LogP contribution in [0, 0.1) is 0 Å². The van der Waals surface area contributed by atoms with Gasteiger partial charge in [-0.05, 0) is 65.7 Å². The first-order chi connectivity index (χ1) is 19.4. The number of fused-ring (bicyclic) bond motifs is 1. The van der Waals surface area contributed by atoms with Crippen molar-refractivity contribution in [3.8, 4) is 5.75 Å². The molecular formula is C22H18ClN7O8S3. The van der Waals surface area contributed by atoms with Gasteiger partial charge in [0.25, 0.3) is 10.1 Å². The Morgan fingerprint density at radius 1 is 0.951 bits per heavy atom. The molecule has 0 atom stereocenters. The Bertz CT molecular complexity index is 1910. The number of thioether (sulfide) groups is 1. The Kier molecular flexibility index (Phi) is 9.00. The normalized spacial score (nSPS) is 12.3. The van der Waals surface area contributed by atoms with E-state index in [1.165, 1.54) is 43.1 Å². The number of aliphatic imine (C=N–C) groups is 1. The summed E-state index contributed by atoms with van der Waals surface area (Å²) in [5.74, 6) is -0.0985. The van der Waals surface area contributed by atoms with Crippen LogP contribution in [0.15, 0.2) is 73.8 Å². The van der Waals surface area contributed by atoms with Crippen LogP contribution in [-0.4, -0.2) is 60.7 Å². The van der Waals surface area contributed by atoms with E-state index in [4.69, 9.17) is 20.9 Å². The van der Waals surface area contributed by atoms with Crippen LogP contribution in [0.1, 0.15) is 0 Å². The number of rotatable bonds is 10. The smallest absolute Gasteiger partial charge is 0.446 e. The van der Waals surface area contributed by atoms with Crippen LogP contribution in [0.4, 0.5) is 28.7 Å². The summed E-state index contributed by atoms with van der Waals surface area (Å²) < 4.78 is 74.8. The SMILES string of the molecule is COC=Nc1cc(Nc2nc(Cl)nc(SC)n2)ccc1N=Nc1ccc2cc(OS(=O)(=O)O)ccc2c1S(=O)(=O)O. The van der Waals surface area contributed by atoms with Gasteiger partial charge in [-0.25, -0.2) is 4.99 Å². The lowest BCUT2D eigenvalue weighted by molar-refractivity contribution is 0.387. The van der Waals surface area contributed by atoms with Crippen LogP contribution in [0.25, 0.3) is 10.8 Å². The van der Waals surface area contributed by atoms with Crippen LogP contribution >= 0.6 is 23.4 Å². The van der Waals surface area contributed by atoms with E-state index in [1.54, 1.807) is 18.4 Å². The maximum absolute atomic E-state index is 12.3. The van der Waals surface area contributed by atoms with Crippen molar-refractivity contribution in [1.29, 1.82) is 0 Å². The third-order valence-corrected chi connectivity index (χ3v) is 7.01. The number of benzene rings is 3. The van der Waals surface area contributed by atoms with Gasteiger partial charge in [0.05, 0.1) is 12.8 Å². The first-order valence-corrected chi connectivity index (χ1v) is 15.3. The summed E-state index contributed by atoms with van der Waals surface area (Å²) in [6.45, 7) is 0. The van der Waals surface area contributed by atoms with Gasteiger partial charge in [0.2, 0.25) is 11.2 Å². The van der Waals surface area contributed by atoms with Crippen LogP contribution in [0.2, 0.25) is 5.28 Å². The van der Waals surface area contributed by atoms with Gasteiger partial charge >= 0.3 is 10.4 Å². The Morgan fingerprint density at radius 2 is 1.68 bits per heavy atom. The average Bonchev–Trinajstić information content (AvgIpc) is 2.89. The Hall–Kier alpha value is -3.94. The molecule has 214 valence electrons. The third kappa shape index (κ3) is 7.84. The molecule has 1 heterocycles. The van der Waals surface area contributed by atoms with Gasteiger partial charge in [-0.2, -0.15) is 31.8 Å². The van der Waals surface area contributed by atoms with Crippen molar-refractivity contribution in [3.05, 3.63) is 53.8 Å². The van der Waals surface area contributed by atoms with Crippen molar-refractivity contribution in [1.82, 2.24) is 15.0 Å². The molecule has 0 saturated carbocycles. The van der Waals surface area contributed by atoms with E-state index in [0.717, 1.165) is 18.5 Å². The summed E-state index contributed by atoms with van der Waals surface area (Å²) in [6, 6.07) is 10.8. The highest BCUT2D eigenvalue weighted by Gasteiger charge is 2.21. The van der Waals surface area contributed by atoms with Gasteiger partial charge in [0.1, 0.15) is 22.0 Å². The van der Waals surface area contributed by atoms with Crippen molar-refractivity contribution in [2.45, 2.75) is 10.1 Å². The first-order valence-electron chi connectivity index (χ1n) is 10.9. The highest BCUT2D eigenvalue weighted by Crippen LogP contribution is 2.37. The van der Waals surface area contributed by atoms with Crippen molar-refractivity contribution >= 4 is 89.8 Å². The predicted molar refractivity (Wildman–Crippen MR) is 152 cm³/mol. The Labute approximate surface area is 242 Å². The molecule has 0 bridgehead atoms. The minimum Gasteiger partial charge on any atom is -0.486 e. The number of ether oxygens (including phenoxy) is 1. The predicted octanol–water partition coefficient (Wildman–Crippen LogP) is 5.29. The standard InChI is InChI=1S/C22H18ClN7O8S3/c1-37-11-24-18-10-13(25-21-26-20(23)27-22(28-21)39-2)4-8-16(18)29-30-17-7-3-12-9-14(38-41(34,35)36)5-6-15(12)19(17)40(31,32)33/h3-11H,1-2H3,(H,31,32,33)(H,34,35,36)(H,25,26,27,28). The molecular weight excluding hydrogens is 622 g/mol. The number of hydrogen-bond acceptors (Lipinski definition) is 14. The molecule has 0 fully saturated rings. The fourth-order valence-electron chi connectivity index (χ4n) is 3.41. The zero-order valence-corrected chi connectivity index (χ0v) is 24.0. The molecule has 41 heavy (non-hydrogen) atoms. The maximum atomic E-state index is 12.3. The second-order valence-corrected chi connectivity index (χ2v) is 11.2. The lowest BCUT2D eigenvalue weighted by atomic mass is 10.1. The molecule has 0 spiro atoms. The highest BCUT2D eigenvalue weighted by molar-refractivity contribution is 7.98. The van der Waals surface area contributed by atoms with Crippen molar-refractivity contribution in [2.75, 3.05) is 18.7 Å². The summed E-state index contributed by atoms with van der Waals surface area (Å²) in [6.07, 6.45) is 2.93. The molecule has 3 aromatic carbocycles. The number of azo groups is 1. The number of methoxy groups -OCH3 is 1. The lowest BCUT2D eigenvalue weighted by Crippen LogP contribution is -2.06. The number of nitrogens with one attached hydrogen (secondary N) is 1. The van der Waals surface area contributed by atoms with Gasteiger partial charge in [-0.1, -0.05) is 17.8 Å². The molecule has 0 saturated heterocycles.